The number of aliphatic hydroxyl groups is 1. The van der Waals surface area contributed by atoms with Gasteiger partial charge in [-0.2, -0.15) is 11.8 Å². The van der Waals surface area contributed by atoms with Gasteiger partial charge >= 0.3 is 0 Å². The van der Waals surface area contributed by atoms with E-state index < -0.39 is 0 Å². The minimum Gasteiger partial charge on any atom is -0.392 e. The van der Waals surface area contributed by atoms with E-state index in [0.29, 0.717) is 0 Å². The van der Waals surface area contributed by atoms with Crippen LogP contribution in [0.1, 0.15) is 47.5 Å². The van der Waals surface area contributed by atoms with E-state index in [1.165, 1.54) is 0 Å². The fourth-order valence-corrected chi connectivity index (χ4v) is 1.90. The van der Waals surface area contributed by atoms with Gasteiger partial charge in [-0.1, -0.05) is 20.8 Å². The van der Waals surface area contributed by atoms with E-state index in [2.05, 4.69) is 34.6 Å². The van der Waals surface area contributed by atoms with E-state index in [1.807, 2.05) is 11.8 Å². The SMILES string of the molecule is COC(C)(C)CCC(O)CSC(C)(C)C. The molecule has 0 rings (SSSR count). The molecule has 0 aliphatic carbocycles. The Morgan fingerprint density at radius 1 is 1.20 bits per heavy atom. The van der Waals surface area contributed by atoms with Crippen LogP contribution in [0.5, 0.6) is 0 Å². The summed E-state index contributed by atoms with van der Waals surface area (Å²) < 4.78 is 5.55. The van der Waals surface area contributed by atoms with Gasteiger partial charge in [0.2, 0.25) is 0 Å². The lowest BCUT2D eigenvalue weighted by Gasteiger charge is -2.25. The van der Waals surface area contributed by atoms with Gasteiger partial charge in [-0.3, -0.25) is 0 Å². The summed E-state index contributed by atoms with van der Waals surface area (Å²) in [6.07, 6.45) is 1.49. The molecule has 0 saturated carbocycles. The van der Waals surface area contributed by atoms with Gasteiger partial charge in [0.15, 0.2) is 0 Å². The predicted octanol–water partition coefficient (Wildman–Crippen LogP) is 3.08. The zero-order valence-corrected chi connectivity index (χ0v) is 11.8. The molecule has 0 aliphatic heterocycles. The highest BCUT2D eigenvalue weighted by Crippen LogP contribution is 2.25. The molecule has 0 aromatic rings. The maximum absolute atomic E-state index is 9.79. The fourth-order valence-electron chi connectivity index (χ4n) is 1.05. The Balaban J connectivity index is 3.71. The van der Waals surface area contributed by atoms with Gasteiger partial charge in [-0.25, -0.2) is 0 Å². The van der Waals surface area contributed by atoms with Crippen LogP contribution in [0.4, 0.5) is 0 Å². The van der Waals surface area contributed by atoms with Crippen LogP contribution >= 0.6 is 11.8 Å². The van der Waals surface area contributed by atoms with E-state index in [1.54, 1.807) is 7.11 Å². The quantitative estimate of drug-likeness (QED) is 0.766. The zero-order valence-electron chi connectivity index (χ0n) is 11.0. The molecule has 15 heavy (non-hydrogen) atoms. The molecule has 0 spiro atoms. The summed E-state index contributed by atoms with van der Waals surface area (Å²) in [6, 6.07) is 0. The van der Waals surface area contributed by atoms with Gasteiger partial charge in [-0.15, -0.1) is 0 Å². The predicted molar refractivity (Wildman–Crippen MR) is 68.5 cm³/mol. The molecular weight excluding hydrogens is 208 g/mol. The molecule has 2 nitrogen and oxygen atoms in total. The fraction of sp³-hybridized carbons (Fsp3) is 1.00. The first-order valence-corrected chi connectivity index (χ1v) is 6.52. The summed E-state index contributed by atoms with van der Waals surface area (Å²) >= 11 is 1.81. The molecule has 0 saturated heterocycles. The molecule has 1 unspecified atom stereocenters. The summed E-state index contributed by atoms with van der Waals surface area (Å²) in [5.74, 6) is 0.809. The molecule has 0 aromatic carbocycles. The summed E-state index contributed by atoms with van der Waals surface area (Å²) in [6.45, 7) is 10.6. The van der Waals surface area contributed by atoms with Crippen molar-refractivity contribution in [3.8, 4) is 0 Å². The van der Waals surface area contributed by atoms with Gasteiger partial charge in [0.25, 0.3) is 0 Å². The number of ether oxygens (including phenoxy) is 1. The van der Waals surface area contributed by atoms with Crippen molar-refractivity contribution in [1.82, 2.24) is 0 Å². The van der Waals surface area contributed by atoms with Crippen molar-refractivity contribution in [3.05, 3.63) is 0 Å². The van der Waals surface area contributed by atoms with Gasteiger partial charge in [0.1, 0.15) is 0 Å². The highest BCUT2D eigenvalue weighted by Gasteiger charge is 2.19. The van der Waals surface area contributed by atoms with Crippen LogP contribution in [0.25, 0.3) is 0 Å². The highest BCUT2D eigenvalue weighted by molar-refractivity contribution is 8.00. The molecule has 0 aromatic heterocycles. The van der Waals surface area contributed by atoms with Gasteiger partial charge in [0.05, 0.1) is 11.7 Å². The highest BCUT2D eigenvalue weighted by atomic mass is 32.2. The van der Waals surface area contributed by atoms with Crippen LogP contribution in [0.2, 0.25) is 0 Å². The first-order valence-electron chi connectivity index (χ1n) is 5.53. The van der Waals surface area contributed by atoms with Crippen molar-refractivity contribution in [2.24, 2.45) is 0 Å². The van der Waals surface area contributed by atoms with E-state index >= 15 is 0 Å². The van der Waals surface area contributed by atoms with E-state index in [9.17, 15) is 5.11 Å². The normalized spacial score (nSPS) is 15.4. The molecule has 1 N–H and O–H groups in total. The molecule has 0 aliphatic rings. The average molecular weight is 234 g/mol. The van der Waals surface area contributed by atoms with Crippen LogP contribution in [-0.4, -0.2) is 34.4 Å². The number of hydrogen-bond acceptors (Lipinski definition) is 3. The number of hydrogen-bond donors (Lipinski definition) is 1. The maximum atomic E-state index is 9.79. The Labute approximate surface area is 98.8 Å². The summed E-state index contributed by atoms with van der Waals surface area (Å²) in [4.78, 5) is 0. The Hall–Kier alpha value is 0.270. The van der Waals surface area contributed by atoms with Gasteiger partial charge in [-0.05, 0) is 26.7 Å². The Morgan fingerprint density at radius 2 is 1.73 bits per heavy atom. The molecule has 0 heterocycles. The standard InChI is InChI=1S/C12H26O2S/c1-11(2,3)15-9-10(13)7-8-12(4,5)14-6/h10,13H,7-9H2,1-6H3. The summed E-state index contributed by atoms with van der Waals surface area (Å²) in [5, 5.41) is 9.79. The van der Waals surface area contributed by atoms with Crippen LogP contribution in [-0.2, 0) is 4.74 Å². The first-order chi connectivity index (χ1) is 6.66. The smallest absolute Gasteiger partial charge is 0.0631 e. The number of methoxy groups -OCH3 is 1. The van der Waals surface area contributed by atoms with Crippen molar-refractivity contribution < 1.29 is 9.84 Å². The third kappa shape index (κ3) is 9.21. The zero-order chi connectivity index (χ0) is 12.1. The van der Waals surface area contributed by atoms with Crippen LogP contribution in [0, 0.1) is 0 Å². The molecule has 92 valence electrons. The Bertz CT molecular complexity index is 173. The van der Waals surface area contributed by atoms with E-state index in [0.717, 1.165) is 18.6 Å². The average Bonchev–Trinajstić information content (AvgIpc) is 2.10. The van der Waals surface area contributed by atoms with E-state index in [-0.39, 0.29) is 16.5 Å². The van der Waals surface area contributed by atoms with Crippen molar-refractivity contribution in [1.29, 1.82) is 0 Å². The largest absolute Gasteiger partial charge is 0.392 e. The second kappa shape index (κ2) is 6.12. The van der Waals surface area contributed by atoms with Crippen molar-refractivity contribution in [2.45, 2.75) is 63.9 Å². The second-order valence-corrected chi connectivity index (χ2v) is 7.43. The summed E-state index contributed by atoms with van der Waals surface area (Å²) in [5.41, 5.74) is -0.118. The van der Waals surface area contributed by atoms with Crippen LogP contribution in [0.3, 0.4) is 0 Å². The molecule has 0 bridgehead atoms. The molecule has 0 fully saturated rings. The summed E-state index contributed by atoms with van der Waals surface area (Å²) in [7, 11) is 1.72. The Kier molecular flexibility index (Phi) is 6.23. The van der Waals surface area contributed by atoms with Crippen molar-refractivity contribution in [2.75, 3.05) is 12.9 Å². The van der Waals surface area contributed by atoms with Gasteiger partial charge in [0, 0.05) is 17.6 Å². The van der Waals surface area contributed by atoms with Gasteiger partial charge < -0.3 is 9.84 Å². The van der Waals surface area contributed by atoms with E-state index in [4.69, 9.17) is 4.74 Å². The lowest BCUT2D eigenvalue weighted by molar-refractivity contribution is 0.00493. The maximum Gasteiger partial charge on any atom is 0.0631 e. The lowest BCUT2D eigenvalue weighted by atomic mass is 10.0. The second-order valence-electron chi connectivity index (χ2n) is 5.58. The molecular formula is C12H26O2S. The number of rotatable bonds is 6. The topological polar surface area (TPSA) is 29.5 Å². The number of thioether (sulfide) groups is 1. The van der Waals surface area contributed by atoms with Crippen LogP contribution in [0.15, 0.2) is 0 Å². The molecule has 1 atom stereocenters. The molecule has 3 heteroatoms. The number of aliphatic hydroxyl groups excluding tert-OH is 1. The third-order valence-corrected chi connectivity index (χ3v) is 3.76. The molecule has 0 radical (unpaired) electrons. The van der Waals surface area contributed by atoms with Crippen LogP contribution < -0.4 is 0 Å². The third-order valence-electron chi connectivity index (χ3n) is 2.34. The molecule has 0 amide bonds. The minimum absolute atomic E-state index is 0.118. The first kappa shape index (κ1) is 15.3. The lowest BCUT2D eigenvalue weighted by Crippen LogP contribution is -2.26. The monoisotopic (exact) mass is 234 g/mol. The van der Waals surface area contributed by atoms with Crippen molar-refractivity contribution in [3.63, 3.8) is 0 Å². The van der Waals surface area contributed by atoms with Crippen molar-refractivity contribution >= 4 is 11.8 Å². The Morgan fingerprint density at radius 3 is 2.13 bits per heavy atom. The minimum atomic E-state index is -0.219.